The molecule has 3 N–H and O–H groups in total. The van der Waals surface area contributed by atoms with Gasteiger partial charge in [0.05, 0.1) is 0 Å². The second-order valence-corrected chi connectivity index (χ2v) is 6.18. The number of anilines is 1. The van der Waals surface area contributed by atoms with E-state index in [9.17, 15) is 9.59 Å². The fourth-order valence-electron chi connectivity index (χ4n) is 2.80. The molecule has 1 unspecified atom stereocenters. The number of carbonyl (C=O) groups excluding carboxylic acids is 2. The third kappa shape index (κ3) is 4.35. The van der Waals surface area contributed by atoms with E-state index in [1.807, 2.05) is 43.5 Å². The number of nitrogens with one attached hydrogen (secondary N) is 3. The Bertz CT molecular complexity index is 758. The minimum atomic E-state index is -0.505. The van der Waals surface area contributed by atoms with Crippen molar-refractivity contribution in [2.45, 2.75) is 25.8 Å². The summed E-state index contributed by atoms with van der Waals surface area (Å²) in [6.45, 7) is 3.26. The first kappa shape index (κ1) is 17.0. The first-order valence-electron chi connectivity index (χ1n) is 8.46. The van der Waals surface area contributed by atoms with Gasteiger partial charge in [-0.2, -0.15) is 0 Å². The summed E-state index contributed by atoms with van der Waals surface area (Å²) in [6, 6.07) is 10.8. The maximum atomic E-state index is 12.3. The van der Waals surface area contributed by atoms with Crippen molar-refractivity contribution in [3.8, 4) is 0 Å². The van der Waals surface area contributed by atoms with Crippen molar-refractivity contribution in [1.29, 1.82) is 0 Å². The van der Waals surface area contributed by atoms with Gasteiger partial charge in [-0.05, 0) is 36.6 Å². The van der Waals surface area contributed by atoms with Gasteiger partial charge in [0.25, 0.3) is 5.91 Å². The van der Waals surface area contributed by atoms with Crippen molar-refractivity contribution in [2.24, 2.45) is 0 Å². The van der Waals surface area contributed by atoms with E-state index in [4.69, 9.17) is 0 Å². The van der Waals surface area contributed by atoms with Crippen LogP contribution >= 0.6 is 0 Å². The molecule has 1 aromatic carbocycles. The third-order valence-corrected chi connectivity index (χ3v) is 4.18. The highest BCUT2D eigenvalue weighted by atomic mass is 16.2. The average molecular weight is 338 g/mol. The van der Waals surface area contributed by atoms with Crippen molar-refractivity contribution in [1.82, 2.24) is 15.6 Å². The van der Waals surface area contributed by atoms with E-state index in [0.29, 0.717) is 18.5 Å². The van der Waals surface area contributed by atoms with Crippen LogP contribution < -0.4 is 16.0 Å². The molecular weight excluding hydrogens is 316 g/mol. The van der Waals surface area contributed by atoms with E-state index in [1.54, 1.807) is 6.07 Å². The zero-order valence-electron chi connectivity index (χ0n) is 14.2. The number of nitrogens with zero attached hydrogens (tertiary/aromatic N) is 1. The molecule has 2 aromatic rings. The lowest BCUT2D eigenvalue weighted by molar-refractivity contribution is -0.123. The van der Waals surface area contributed by atoms with Gasteiger partial charge in [-0.3, -0.25) is 9.59 Å². The minimum absolute atomic E-state index is 0.142. The summed E-state index contributed by atoms with van der Waals surface area (Å²) >= 11 is 0. The molecule has 6 heteroatoms. The van der Waals surface area contributed by atoms with Gasteiger partial charge in [0.15, 0.2) is 0 Å². The topological polar surface area (TPSA) is 83.1 Å². The van der Waals surface area contributed by atoms with Gasteiger partial charge in [0.2, 0.25) is 5.91 Å². The number of rotatable bonds is 6. The fourth-order valence-corrected chi connectivity index (χ4v) is 2.80. The van der Waals surface area contributed by atoms with Crippen LogP contribution in [0.2, 0.25) is 0 Å². The molecule has 2 heterocycles. The highest BCUT2D eigenvalue weighted by Crippen LogP contribution is 2.16. The molecule has 25 heavy (non-hydrogen) atoms. The quantitative estimate of drug-likeness (QED) is 0.700. The highest BCUT2D eigenvalue weighted by molar-refractivity contribution is 6.00. The Hall–Kier alpha value is -2.89. The van der Waals surface area contributed by atoms with E-state index in [1.165, 1.54) is 0 Å². The summed E-state index contributed by atoms with van der Waals surface area (Å²) < 4.78 is 0. The maximum absolute atomic E-state index is 12.3. The number of pyridine rings is 1. The SMILES string of the molecule is Cc1ccc(NCCCNC(=O)C2Cc3ccccc3C(=O)N2)nc1. The van der Waals surface area contributed by atoms with E-state index >= 15 is 0 Å². The molecule has 0 fully saturated rings. The van der Waals surface area contributed by atoms with Gasteiger partial charge in [-0.15, -0.1) is 0 Å². The molecule has 1 aliphatic heterocycles. The Morgan fingerprint density at radius 2 is 2.08 bits per heavy atom. The van der Waals surface area contributed by atoms with Crippen LogP contribution in [-0.2, 0) is 11.2 Å². The predicted octanol–water partition coefficient (Wildman–Crippen LogP) is 1.66. The van der Waals surface area contributed by atoms with E-state index in [0.717, 1.165) is 29.9 Å². The Morgan fingerprint density at radius 1 is 1.24 bits per heavy atom. The molecule has 0 bridgehead atoms. The maximum Gasteiger partial charge on any atom is 0.252 e. The van der Waals surface area contributed by atoms with Crippen LogP contribution in [0.25, 0.3) is 0 Å². The van der Waals surface area contributed by atoms with Crippen LogP contribution in [0.4, 0.5) is 5.82 Å². The minimum Gasteiger partial charge on any atom is -0.370 e. The van der Waals surface area contributed by atoms with Crippen molar-refractivity contribution in [3.63, 3.8) is 0 Å². The van der Waals surface area contributed by atoms with Crippen LogP contribution in [0.5, 0.6) is 0 Å². The molecule has 0 aliphatic carbocycles. The zero-order valence-corrected chi connectivity index (χ0v) is 14.2. The molecule has 6 nitrogen and oxygen atoms in total. The monoisotopic (exact) mass is 338 g/mol. The second kappa shape index (κ2) is 7.79. The molecule has 0 saturated carbocycles. The van der Waals surface area contributed by atoms with Crippen molar-refractivity contribution < 1.29 is 9.59 Å². The van der Waals surface area contributed by atoms with Crippen LogP contribution in [-0.4, -0.2) is 35.9 Å². The Morgan fingerprint density at radius 3 is 2.88 bits per heavy atom. The van der Waals surface area contributed by atoms with Crippen LogP contribution in [0, 0.1) is 6.92 Å². The molecule has 0 spiro atoms. The van der Waals surface area contributed by atoms with E-state index < -0.39 is 6.04 Å². The molecule has 1 atom stereocenters. The lowest BCUT2D eigenvalue weighted by atomic mass is 9.95. The second-order valence-electron chi connectivity index (χ2n) is 6.18. The van der Waals surface area contributed by atoms with Crippen LogP contribution in [0.3, 0.4) is 0 Å². The molecule has 1 aliphatic rings. The molecule has 0 saturated heterocycles. The molecule has 2 amide bonds. The van der Waals surface area contributed by atoms with Crippen LogP contribution in [0.1, 0.15) is 27.9 Å². The van der Waals surface area contributed by atoms with Gasteiger partial charge in [0, 0.05) is 31.3 Å². The van der Waals surface area contributed by atoms with Gasteiger partial charge in [0.1, 0.15) is 11.9 Å². The summed E-state index contributed by atoms with van der Waals surface area (Å²) in [6.07, 6.45) is 3.12. The average Bonchev–Trinajstić information content (AvgIpc) is 2.63. The lowest BCUT2D eigenvalue weighted by Gasteiger charge is -2.24. The van der Waals surface area contributed by atoms with Gasteiger partial charge in [-0.25, -0.2) is 4.98 Å². The first-order valence-corrected chi connectivity index (χ1v) is 8.46. The number of aromatic nitrogens is 1. The number of hydrogen-bond acceptors (Lipinski definition) is 4. The van der Waals surface area contributed by atoms with Crippen LogP contribution in [0.15, 0.2) is 42.6 Å². The smallest absolute Gasteiger partial charge is 0.252 e. The number of carbonyl (C=O) groups is 2. The van der Waals surface area contributed by atoms with E-state index in [-0.39, 0.29) is 11.8 Å². The molecule has 130 valence electrons. The number of fused-ring (bicyclic) bond motifs is 1. The Kier molecular flexibility index (Phi) is 5.28. The van der Waals surface area contributed by atoms with Crippen molar-refractivity contribution in [3.05, 3.63) is 59.3 Å². The van der Waals surface area contributed by atoms with Gasteiger partial charge in [-0.1, -0.05) is 24.3 Å². The summed E-state index contributed by atoms with van der Waals surface area (Å²) in [5.74, 6) is 0.499. The summed E-state index contributed by atoms with van der Waals surface area (Å²) in [4.78, 5) is 28.6. The normalized spacial score (nSPS) is 15.9. The summed E-state index contributed by atoms with van der Waals surface area (Å²) in [7, 11) is 0. The number of hydrogen-bond donors (Lipinski definition) is 3. The number of amides is 2. The molecule has 0 radical (unpaired) electrons. The first-order chi connectivity index (χ1) is 12.1. The standard InChI is InChI=1S/C19H22N4O2/c1-13-7-8-17(22-12-13)20-9-4-10-21-19(25)16-11-14-5-2-3-6-15(14)18(24)23-16/h2-3,5-8,12,16H,4,9-11H2,1H3,(H,20,22)(H,21,25)(H,23,24). The van der Waals surface area contributed by atoms with E-state index in [2.05, 4.69) is 20.9 Å². The van der Waals surface area contributed by atoms with Crippen molar-refractivity contribution >= 4 is 17.6 Å². The molecular formula is C19H22N4O2. The Balaban J connectivity index is 1.41. The van der Waals surface area contributed by atoms with Crippen molar-refractivity contribution in [2.75, 3.05) is 18.4 Å². The predicted molar refractivity (Wildman–Crippen MR) is 96.5 cm³/mol. The summed E-state index contributed by atoms with van der Waals surface area (Å²) in [5, 5.41) is 8.87. The Labute approximate surface area is 147 Å². The number of benzene rings is 1. The molecule has 3 rings (SSSR count). The molecule has 1 aromatic heterocycles. The zero-order chi connectivity index (χ0) is 17.6. The largest absolute Gasteiger partial charge is 0.370 e. The lowest BCUT2D eigenvalue weighted by Crippen LogP contribution is -2.51. The highest BCUT2D eigenvalue weighted by Gasteiger charge is 2.28. The van der Waals surface area contributed by atoms with Gasteiger partial charge < -0.3 is 16.0 Å². The summed E-state index contributed by atoms with van der Waals surface area (Å²) in [5.41, 5.74) is 2.69. The number of aryl methyl sites for hydroxylation is 1. The van der Waals surface area contributed by atoms with Gasteiger partial charge >= 0.3 is 0 Å². The fraction of sp³-hybridized carbons (Fsp3) is 0.316. The third-order valence-electron chi connectivity index (χ3n) is 4.18.